The van der Waals surface area contributed by atoms with E-state index in [1.807, 2.05) is 0 Å². The van der Waals surface area contributed by atoms with E-state index < -0.39 is 34.4 Å². The number of nitrogens with zero attached hydrogens (tertiary/aromatic N) is 1. The molecule has 0 aliphatic carbocycles. The summed E-state index contributed by atoms with van der Waals surface area (Å²) in [6.45, 7) is 1.54. The van der Waals surface area contributed by atoms with Gasteiger partial charge in [-0.2, -0.15) is 0 Å². The summed E-state index contributed by atoms with van der Waals surface area (Å²) in [6, 6.07) is 1.06. The highest BCUT2D eigenvalue weighted by Gasteiger charge is 2.16. The zero-order valence-corrected chi connectivity index (χ0v) is 11.0. The first-order chi connectivity index (χ1) is 9.45. The molecule has 0 aliphatic heterocycles. The summed E-state index contributed by atoms with van der Waals surface area (Å²) in [6.07, 6.45) is 0. The smallest absolute Gasteiger partial charge is 0.434 e. The van der Waals surface area contributed by atoms with Crippen molar-refractivity contribution in [1.82, 2.24) is 10.2 Å². The summed E-state index contributed by atoms with van der Waals surface area (Å²) in [5.74, 6) is -4.31. The van der Waals surface area contributed by atoms with Gasteiger partial charge in [0.2, 0.25) is 5.89 Å². The Morgan fingerprint density at radius 2 is 2.05 bits per heavy atom. The van der Waals surface area contributed by atoms with Gasteiger partial charge in [0, 0.05) is 12.1 Å². The van der Waals surface area contributed by atoms with Crippen molar-refractivity contribution in [1.29, 1.82) is 0 Å². The number of benzene rings is 1. The van der Waals surface area contributed by atoms with Crippen LogP contribution in [0.4, 0.5) is 13.2 Å². The molecule has 108 valence electrons. The molecule has 5 nitrogen and oxygen atoms in total. The molecule has 0 saturated heterocycles. The fourth-order valence-electron chi connectivity index (χ4n) is 1.35. The molecule has 0 radical (unpaired) electrons. The molecule has 0 spiro atoms. The number of rotatable bonds is 5. The Kier molecular flexibility index (Phi) is 4.38. The van der Waals surface area contributed by atoms with Crippen LogP contribution in [0.5, 0.6) is 5.75 Å². The van der Waals surface area contributed by atoms with E-state index in [1.54, 1.807) is 0 Å². The van der Waals surface area contributed by atoms with Crippen LogP contribution in [-0.4, -0.2) is 15.6 Å². The van der Waals surface area contributed by atoms with Crippen molar-refractivity contribution < 1.29 is 22.3 Å². The standard InChI is InChI=1S/C11H9F3N2O3S/c1-5(20-4-9-15-16-11(17)19-9)18-10-7(13)2-6(12)3-8(10)14/h2-3,5H,4H2,1H3,(H,16,17). The highest BCUT2D eigenvalue weighted by Crippen LogP contribution is 2.27. The Balaban J connectivity index is 1.98. The minimum absolute atomic E-state index is 0.135. The van der Waals surface area contributed by atoms with E-state index >= 15 is 0 Å². The predicted molar refractivity (Wildman–Crippen MR) is 64.8 cm³/mol. The molecule has 1 atom stereocenters. The largest absolute Gasteiger partial charge is 0.474 e. The number of ether oxygens (including phenoxy) is 1. The van der Waals surface area contributed by atoms with Crippen molar-refractivity contribution in [3.63, 3.8) is 0 Å². The number of aromatic amines is 1. The molecule has 0 saturated carbocycles. The minimum atomic E-state index is -1.12. The van der Waals surface area contributed by atoms with Gasteiger partial charge in [0.1, 0.15) is 11.3 Å². The molecule has 0 amide bonds. The topological polar surface area (TPSA) is 68.1 Å². The van der Waals surface area contributed by atoms with Crippen LogP contribution in [0, 0.1) is 17.5 Å². The van der Waals surface area contributed by atoms with Crippen LogP contribution >= 0.6 is 11.8 Å². The third kappa shape index (κ3) is 3.56. The number of hydrogen-bond acceptors (Lipinski definition) is 5. The molecular formula is C11H9F3N2O3S. The first-order valence-corrected chi connectivity index (χ1v) is 6.48. The van der Waals surface area contributed by atoms with E-state index in [0.29, 0.717) is 12.1 Å². The zero-order valence-electron chi connectivity index (χ0n) is 10.2. The fourth-order valence-corrected chi connectivity index (χ4v) is 2.02. The monoisotopic (exact) mass is 306 g/mol. The molecule has 1 unspecified atom stereocenters. The molecular weight excluding hydrogens is 297 g/mol. The van der Waals surface area contributed by atoms with E-state index in [-0.39, 0.29) is 11.6 Å². The van der Waals surface area contributed by atoms with Crippen molar-refractivity contribution in [3.8, 4) is 5.75 Å². The van der Waals surface area contributed by atoms with E-state index in [1.165, 1.54) is 6.92 Å². The number of thioether (sulfide) groups is 1. The molecule has 1 aromatic carbocycles. The van der Waals surface area contributed by atoms with Gasteiger partial charge in [-0.1, -0.05) is 0 Å². The average molecular weight is 306 g/mol. The highest BCUT2D eigenvalue weighted by atomic mass is 32.2. The third-order valence-corrected chi connectivity index (χ3v) is 3.15. The summed E-state index contributed by atoms with van der Waals surface area (Å²) < 4.78 is 49.1. The Morgan fingerprint density at radius 1 is 1.40 bits per heavy atom. The van der Waals surface area contributed by atoms with Crippen molar-refractivity contribution in [2.45, 2.75) is 18.1 Å². The summed E-state index contributed by atoms with van der Waals surface area (Å²) in [5.41, 5.74) is -0.661. The number of halogens is 3. The van der Waals surface area contributed by atoms with E-state index in [9.17, 15) is 18.0 Å². The lowest BCUT2D eigenvalue weighted by atomic mass is 10.3. The minimum Gasteiger partial charge on any atom is -0.474 e. The van der Waals surface area contributed by atoms with Crippen LogP contribution in [0.25, 0.3) is 0 Å². The lowest BCUT2D eigenvalue weighted by Crippen LogP contribution is -2.10. The zero-order chi connectivity index (χ0) is 14.7. The summed E-state index contributed by atoms with van der Waals surface area (Å²) >= 11 is 1.09. The molecule has 0 fully saturated rings. The lowest BCUT2D eigenvalue weighted by Gasteiger charge is -2.14. The molecule has 1 N–H and O–H groups in total. The second-order valence-electron chi connectivity index (χ2n) is 3.70. The summed E-state index contributed by atoms with van der Waals surface area (Å²) in [5, 5.41) is 5.64. The molecule has 1 aromatic heterocycles. The normalized spacial score (nSPS) is 12.4. The molecule has 1 heterocycles. The second-order valence-corrected chi connectivity index (χ2v) is 4.99. The maximum Gasteiger partial charge on any atom is 0.434 e. The van der Waals surface area contributed by atoms with Crippen molar-refractivity contribution in [2.24, 2.45) is 0 Å². The summed E-state index contributed by atoms with van der Waals surface area (Å²) in [7, 11) is 0. The Labute approximate surface area is 115 Å². The predicted octanol–water partition coefficient (Wildman–Crippen LogP) is 2.44. The average Bonchev–Trinajstić information content (AvgIpc) is 2.77. The molecule has 9 heteroatoms. The van der Waals surface area contributed by atoms with E-state index in [2.05, 4.69) is 14.6 Å². The Morgan fingerprint density at radius 3 is 2.60 bits per heavy atom. The van der Waals surface area contributed by atoms with Gasteiger partial charge >= 0.3 is 5.76 Å². The van der Waals surface area contributed by atoms with Crippen molar-refractivity contribution in [3.05, 3.63) is 46.0 Å². The number of aromatic nitrogens is 2. The van der Waals surface area contributed by atoms with Crippen LogP contribution < -0.4 is 10.5 Å². The maximum atomic E-state index is 13.3. The van der Waals surface area contributed by atoms with Crippen LogP contribution in [0.15, 0.2) is 21.3 Å². The lowest BCUT2D eigenvalue weighted by molar-refractivity contribution is 0.274. The van der Waals surface area contributed by atoms with Gasteiger partial charge in [-0.3, -0.25) is 0 Å². The fraction of sp³-hybridized carbons (Fsp3) is 0.273. The summed E-state index contributed by atoms with van der Waals surface area (Å²) in [4.78, 5) is 10.7. The van der Waals surface area contributed by atoms with Crippen molar-refractivity contribution >= 4 is 11.8 Å². The molecule has 20 heavy (non-hydrogen) atoms. The van der Waals surface area contributed by atoms with Crippen molar-refractivity contribution in [2.75, 3.05) is 0 Å². The maximum absolute atomic E-state index is 13.3. The SMILES string of the molecule is CC(Oc1c(F)cc(F)cc1F)SCc1n[nH]c(=O)o1. The van der Waals surface area contributed by atoms with E-state index in [0.717, 1.165) is 11.8 Å². The second kappa shape index (κ2) is 6.04. The van der Waals surface area contributed by atoms with Crippen LogP contribution in [0.1, 0.15) is 12.8 Å². The van der Waals surface area contributed by atoms with Gasteiger partial charge < -0.3 is 9.15 Å². The van der Waals surface area contributed by atoms with Gasteiger partial charge in [-0.15, -0.1) is 16.9 Å². The van der Waals surface area contributed by atoms with Gasteiger partial charge in [-0.05, 0) is 6.92 Å². The number of hydrogen-bond donors (Lipinski definition) is 1. The molecule has 0 bridgehead atoms. The quantitative estimate of drug-likeness (QED) is 0.859. The molecule has 2 rings (SSSR count). The molecule has 2 aromatic rings. The van der Waals surface area contributed by atoms with Crippen LogP contribution in [0.2, 0.25) is 0 Å². The Hall–Kier alpha value is -1.90. The van der Waals surface area contributed by atoms with Gasteiger partial charge in [-0.25, -0.2) is 23.1 Å². The van der Waals surface area contributed by atoms with Crippen LogP contribution in [0.3, 0.4) is 0 Å². The van der Waals surface area contributed by atoms with Crippen LogP contribution in [-0.2, 0) is 5.75 Å². The molecule has 0 aliphatic rings. The third-order valence-electron chi connectivity index (χ3n) is 2.17. The highest BCUT2D eigenvalue weighted by molar-refractivity contribution is 7.98. The number of H-pyrrole nitrogens is 1. The van der Waals surface area contributed by atoms with Gasteiger partial charge in [0.25, 0.3) is 0 Å². The Bertz CT molecular complexity index is 635. The number of nitrogens with one attached hydrogen (secondary N) is 1. The first kappa shape index (κ1) is 14.5. The van der Waals surface area contributed by atoms with Gasteiger partial charge in [0.15, 0.2) is 17.4 Å². The van der Waals surface area contributed by atoms with Gasteiger partial charge in [0.05, 0.1) is 5.75 Å². The first-order valence-electron chi connectivity index (χ1n) is 5.43. The van der Waals surface area contributed by atoms with E-state index in [4.69, 9.17) is 4.74 Å².